The van der Waals surface area contributed by atoms with Gasteiger partial charge in [0.05, 0.1) is 10.9 Å². The van der Waals surface area contributed by atoms with E-state index in [1.54, 1.807) is 4.57 Å². The smallest absolute Gasteiger partial charge is 0.262 e. The third-order valence-electron chi connectivity index (χ3n) is 5.70. The summed E-state index contributed by atoms with van der Waals surface area (Å²) in [4.78, 5) is 30.4. The Kier molecular flexibility index (Phi) is 6.49. The lowest BCUT2D eigenvalue weighted by atomic mass is 9.99. The monoisotopic (exact) mass is 485 g/mol. The SMILES string of the molecule is O=C(CCCCCn1c(=S)[nH]c2ccc(Br)cc2c1=O)N1CCc2ccccc2C1. The van der Waals surface area contributed by atoms with Gasteiger partial charge in [-0.2, -0.15) is 0 Å². The number of nitrogens with zero attached hydrogens (tertiary/aromatic N) is 2. The van der Waals surface area contributed by atoms with E-state index in [-0.39, 0.29) is 11.5 Å². The summed E-state index contributed by atoms with van der Waals surface area (Å²) in [6.45, 7) is 2.07. The molecule has 0 unspecified atom stereocenters. The molecule has 0 saturated heterocycles. The van der Waals surface area contributed by atoms with Crippen molar-refractivity contribution in [1.29, 1.82) is 0 Å². The van der Waals surface area contributed by atoms with Crippen molar-refractivity contribution in [1.82, 2.24) is 14.5 Å². The zero-order valence-corrected chi connectivity index (χ0v) is 19.1. The van der Waals surface area contributed by atoms with Crippen LogP contribution in [0.1, 0.15) is 36.8 Å². The number of amides is 1. The van der Waals surface area contributed by atoms with Gasteiger partial charge in [-0.25, -0.2) is 0 Å². The zero-order valence-electron chi connectivity index (χ0n) is 16.7. The van der Waals surface area contributed by atoms with E-state index in [9.17, 15) is 9.59 Å². The van der Waals surface area contributed by atoms with Gasteiger partial charge in [0.25, 0.3) is 5.56 Å². The normalized spacial score (nSPS) is 13.4. The van der Waals surface area contributed by atoms with Crippen molar-refractivity contribution in [3.05, 3.63) is 73.2 Å². The van der Waals surface area contributed by atoms with Crippen LogP contribution in [0.15, 0.2) is 51.7 Å². The van der Waals surface area contributed by atoms with Gasteiger partial charge in [0.15, 0.2) is 4.77 Å². The van der Waals surface area contributed by atoms with Crippen LogP contribution in [0.2, 0.25) is 0 Å². The Morgan fingerprint density at radius 1 is 1.10 bits per heavy atom. The highest BCUT2D eigenvalue weighted by Gasteiger charge is 2.19. The van der Waals surface area contributed by atoms with Gasteiger partial charge in [0, 0.05) is 30.5 Å². The fourth-order valence-electron chi connectivity index (χ4n) is 4.02. The first-order chi connectivity index (χ1) is 14.5. The number of aromatic nitrogens is 2. The number of carbonyl (C=O) groups excluding carboxylic acids is 1. The van der Waals surface area contributed by atoms with Crippen molar-refractivity contribution in [2.75, 3.05) is 6.54 Å². The Labute approximate surface area is 188 Å². The zero-order chi connectivity index (χ0) is 21.1. The average molecular weight is 486 g/mol. The molecule has 7 heteroatoms. The topological polar surface area (TPSA) is 58.1 Å². The quantitative estimate of drug-likeness (QED) is 0.396. The summed E-state index contributed by atoms with van der Waals surface area (Å²) in [6.07, 6.45) is 4.00. The molecule has 1 aromatic heterocycles. The van der Waals surface area contributed by atoms with E-state index in [0.29, 0.717) is 29.7 Å². The van der Waals surface area contributed by atoms with Crippen LogP contribution in [0, 0.1) is 4.77 Å². The number of halogens is 1. The van der Waals surface area contributed by atoms with Crippen molar-refractivity contribution in [3.63, 3.8) is 0 Å². The molecule has 0 atom stereocenters. The van der Waals surface area contributed by atoms with Crippen LogP contribution in [-0.2, 0) is 24.3 Å². The van der Waals surface area contributed by atoms with E-state index in [0.717, 1.165) is 42.2 Å². The average Bonchev–Trinajstić information content (AvgIpc) is 2.75. The van der Waals surface area contributed by atoms with E-state index >= 15 is 0 Å². The van der Waals surface area contributed by atoms with Crippen molar-refractivity contribution < 1.29 is 4.79 Å². The maximum atomic E-state index is 12.8. The molecular formula is C23H24BrN3O2S. The summed E-state index contributed by atoms with van der Waals surface area (Å²) >= 11 is 8.79. The lowest BCUT2D eigenvalue weighted by Crippen LogP contribution is -2.35. The predicted molar refractivity (Wildman–Crippen MR) is 125 cm³/mol. The predicted octanol–water partition coefficient (Wildman–Crippen LogP) is 4.97. The van der Waals surface area contributed by atoms with Crippen LogP contribution in [0.5, 0.6) is 0 Å². The molecule has 1 aliphatic heterocycles. The Bertz CT molecular complexity index is 1200. The second-order valence-corrected chi connectivity index (χ2v) is 9.02. The summed E-state index contributed by atoms with van der Waals surface area (Å²) in [6, 6.07) is 13.9. The minimum Gasteiger partial charge on any atom is -0.338 e. The molecule has 2 aromatic carbocycles. The van der Waals surface area contributed by atoms with Gasteiger partial charge in [-0.1, -0.05) is 46.6 Å². The molecule has 1 aliphatic rings. The minimum atomic E-state index is -0.0712. The van der Waals surface area contributed by atoms with Gasteiger partial charge in [-0.05, 0) is 60.8 Å². The van der Waals surface area contributed by atoms with Crippen LogP contribution in [-0.4, -0.2) is 26.9 Å². The van der Waals surface area contributed by atoms with Gasteiger partial charge in [-0.3, -0.25) is 14.2 Å². The van der Waals surface area contributed by atoms with E-state index in [1.807, 2.05) is 29.2 Å². The third-order valence-corrected chi connectivity index (χ3v) is 6.52. The Hall–Kier alpha value is -2.25. The number of unbranched alkanes of at least 4 members (excludes halogenated alkanes) is 2. The number of fused-ring (bicyclic) bond motifs is 2. The highest BCUT2D eigenvalue weighted by molar-refractivity contribution is 9.10. The van der Waals surface area contributed by atoms with Crippen molar-refractivity contribution in [2.24, 2.45) is 0 Å². The molecular weight excluding hydrogens is 462 g/mol. The number of H-pyrrole nitrogens is 1. The highest BCUT2D eigenvalue weighted by Crippen LogP contribution is 2.20. The van der Waals surface area contributed by atoms with Crippen LogP contribution in [0.4, 0.5) is 0 Å². The van der Waals surface area contributed by atoms with E-state index in [4.69, 9.17) is 12.2 Å². The number of carbonyl (C=O) groups is 1. The summed E-state index contributed by atoms with van der Waals surface area (Å²) in [5.74, 6) is 0.217. The lowest BCUT2D eigenvalue weighted by Gasteiger charge is -2.29. The number of aromatic amines is 1. The molecule has 1 amide bonds. The number of hydrogen-bond donors (Lipinski definition) is 1. The second kappa shape index (κ2) is 9.27. The molecule has 3 aromatic rings. The molecule has 2 heterocycles. The molecule has 0 fully saturated rings. The van der Waals surface area contributed by atoms with Crippen LogP contribution >= 0.6 is 28.1 Å². The summed E-state index contributed by atoms with van der Waals surface area (Å²) in [5, 5.41) is 0.624. The van der Waals surface area contributed by atoms with Gasteiger partial charge >= 0.3 is 0 Å². The number of benzene rings is 2. The third kappa shape index (κ3) is 4.57. The molecule has 0 spiro atoms. The molecule has 0 saturated carbocycles. The van der Waals surface area contributed by atoms with Gasteiger partial charge < -0.3 is 9.88 Å². The Morgan fingerprint density at radius 2 is 1.90 bits per heavy atom. The summed E-state index contributed by atoms with van der Waals surface area (Å²) in [7, 11) is 0. The first-order valence-corrected chi connectivity index (χ1v) is 11.5. The number of hydrogen-bond acceptors (Lipinski definition) is 3. The fraction of sp³-hybridized carbons (Fsp3) is 0.348. The van der Waals surface area contributed by atoms with E-state index in [1.165, 1.54) is 11.1 Å². The largest absolute Gasteiger partial charge is 0.338 e. The first kappa shape index (κ1) is 21.0. The van der Waals surface area contributed by atoms with Crippen LogP contribution in [0.3, 0.4) is 0 Å². The fourth-order valence-corrected chi connectivity index (χ4v) is 4.66. The maximum absolute atomic E-state index is 12.8. The summed E-state index contributed by atoms with van der Waals surface area (Å²) in [5.41, 5.74) is 3.29. The standard InChI is InChI=1S/C23H24BrN3O2S/c24-18-9-10-20-19(14-18)22(29)27(23(30)25-20)12-5-1-2-8-21(28)26-13-11-16-6-3-4-7-17(16)15-26/h3-4,6-7,9-10,14H,1-2,5,8,11-13,15H2,(H,25,30). The first-order valence-electron chi connectivity index (χ1n) is 10.3. The van der Waals surface area contributed by atoms with Gasteiger partial charge in [0.2, 0.25) is 5.91 Å². The van der Waals surface area contributed by atoms with E-state index in [2.05, 4.69) is 39.1 Å². The Morgan fingerprint density at radius 3 is 2.73 bits per heavy atom. The molecule has 5 nitrogen and oxygen atoms in total. The maximum Gasteiger partial charge on any atom is 0.262 e. The van der Waals surface area contributed by atoms with E-state index < -0.39 is 0 Å². The number of nitrogens with one attached hydrogen (secondary N) is 1. The van der Waals surface area contributed by atoms with Crippen molar-refractivity contribution in [3.8, 4) is 0 Å². The Balaban J connectivity index is 1.29. The van der Waals surface area contributed by atoms with Gasteiger partial charge in [0.1, 0.15) is 0 Å². The van der Waals surface area contributed by atoms with Crippen LogP contribution < -0.4 is 5.56 Å². The van der Waals surface area contributed by atoms with Crippen LogP contribution in [0.25, 0.3) is 10.9 Å². The van der Waals surface area contributed by atoms with Gasteiger partial charge in [-0.15, -0.1) is 0 Å². The molecule has 4 rings (SSSR count). The molecule has 1 N–H and O–H groups in total. The second-order valence-electron chi connectivity index (χ2n) is 7.72. The molecule has 0 radical (unpaired) electrons. The minimum absolute atomic E-state index is 0.0712. The molecule has 0 aliphatic carbocycles. The van der Waals surface area contributed by atoms with Crippen molar-refractivity contribution in [2.45, 2.75) is 45.2 Å². The number of rotatable bonds is 6. The molecule has 0 bridgehead atoms. The summed E-state index contributed by atoms with van der Waals surface area (Å²) < 4.78 is 2.92. The van der Waals surface area contributed by atoms with Crippen molar-refractivity contribution >= 4 is 45.0 Å². The molecule has 30 heavy (non-hydrogen) atoms. The lowest BCUT2D eigenvalue weighted by molar-refractivity contribution is -0.132. The highest BCUT2D eigenvalue weighted by atomic mass is 79.9. The molecule has 156 valence electrons.